The molecule has 0 saturated heterocycles. The Kier molecular flexibility index (Phi) is 2.74. The summed E-state index contributed by atoms with van der Waals surface area (Å²) in [7, 11) is 0. The van der Waals surface area contributed by atoms with Crippen molar-refractivity contribution in [3.63, 3.8) is 0 Å². The Morgan fingerprint density at radius 2 is 1.69 bits per heavy atom. The highest BCUT2D eigenvalue weighted by atomic mass is 127. The van der Waals surface area contributed by atoms with Crippen molar-refractivity contribution in [1.29, 1.82) is 0 Å². The number of benzene rings is 1. The summed E-state index contributed by atoms with van der Waals surface area (Å²) in [6, 6.07) is 12.0. The van der Waals surface area contributed by atoms with Crippen LogP contribution in [0.3, 0.4) is 0 Å². The summed E-state index contributed by atoms with van der Waals surface area (Å²) in [4.78, 5) is 0. The molecule has 0 aliphatic rings. The summed E-state index contributed by atoms with van der Waals surface area (Å²) in [5, 5.41) is 0. The fourth-order valence-electron chi connectivity index (χ4n) is 1.08. The standard InChI is InChI=1S/C10H6BrIO/c11-8-3-1-7(2-4-8)9-5-6-10(12)13-9/h1-6H. The van der Waals surface area contributed by atoms with E-state index in [4.69, 9.17) is 4.42 Å². The van der Waals surface area contributed by atoms with Crippen molar-refractivity contribution < 1.29 is 4.42 Å². The number of hydrogen-bond donors (Lipinski definition) is 0. The third kappa shape index (κ3) is 2.14. The Labute approximate surface area is 98.4 Å². The first-order valence-electron chi connectivity index (χ1n) is 3.77. The van der Waals surface area contributed by atoms with E-state index in [1.807, 2.05) is 36.4 Å². The zero-order chi connectivity index (χ0) is 9.26. The molecule has 1 aromatic carbocycles. The third-order valence-corrected chi connectivity index (χ3v) is 2.81. The van der Waals surface area contributed by atoms with E-state index < -0.39 is 0 Å². The monoisotopic (exact) mass is 348 g/mol. The van der Waals surface area contributed by atoms with Crippen LogP contribution in [0.15, 0.2) is 45.3 Å². The van der Waals surface area contributed by atoms with Crippen LogP contribution < -0.4 is 0 Å². The van der Waals surface area contributed by atoms with Gasteiger partial charge in [0.15, 0.2) is 3.77 Å². The van der Waals surface area contributed by atoms with Crippen molar-refractivity contribution in [2.75, 3.05) is 0 Å². The van der Waals surface area contributed by atoms with Crippen LogP contribution in [0.1, 0.15) is 0 Å². The maximum Gasteiger partial charge on any atom is 0.164 e. The van der Waals surface area contributed by atoms with Crippen LogP contribution in [0.5, 0.6) is 0 Å². The Bertz CT molecular complexity index is 405. The lowest BCUT2D eigenvalue weighted by molar-refractivity contribution is 0.552. The molecule has 13 heavy (non-hydrogen) atoms. The molecule has 1 nitrogen and oxygen atoms in total. The van der Waals surface area contributed by atoms with E-state index >= 15 is 0 Å². The van der Waals surface area contributed by atoms with Gasteiger partial charge in [0.05, 0.1) is 0 Å². The minimum atomic E-state index is 0.913. The first kappa shape index (κ1) is 9.27. The maximum atomic E-state index is 5.48. The maximum absolute atomic E-state index is 5.48. The smallest absolute Gasteiger partial charge is 0.164 e. The number of furan rings is 1. The van der Waals surface area contributed by atoms with Crippen LogP contribution in [0.4, 0.5) is 0 Å². The molecule has 0 bridgehead atoms. The summed E-state index contributed by atoms with van der Waals surface area (Å²) >= 11 is 5.55. The molecule has 0 saturated carbocycles. The van der Waals surface area contributed by atoms with E-state index in [-0.39, 0.29) is 0 Å². The van der Waals surface area contributed by atoms with Gasteiger partial charge in [0, 0.05) is 10.0 Å². The van der Waals surface area contributed by atoms with Gasteiger partial charge in [-0.1, -0.05) is 28.1 Å². The summed E-state index contributed by atoms with van der Waals surface area (Å²) in [5.74, 6) is 0.914. The van der Waals surface area contributed by atoms with Crippen molar-refractivity contribution in [3.8, 4) is 11.3 Å². The van der Waals surface area contributed by atoms with E-state index in [0.29, 0.717) is 0 Å². The highest BCUT2D eigenvalue weighted by molar-refractivity contribution is 14.1. The molecular formula is C10H6BrIO. The van der Waals surface area contributed by atoms with E-state index in [1.165, 1.54) is 0 Å². The quantitative estimate of drug-likeness (QED) is 0.700. The van der Waals surface area contributed by atoms with Gasteiger partial charge in [0.2, 0.25) is 0 Å². The van der Waals surface area contributed by atoms with Gasteiger partial charge in [0.1, 0.15) is 5.76 Å². The molecule has 2 rings (SSSR count). The number of halogens is 2. The second kappa shape index (κ2) is 3.84. The van der Waals surface area contributed by atoms with Crippen molar-refractivity contribution >= 4 is 38.5 Å². The largest absolute Gasteiger partial charge is 0.450 e. The Morgan fingerprint density at radius 1 is 1.00 bits per heavy atom. The predicted molar refractivity (Wildman–Crippen MR) is 64.6 cm³/mol. The van der Waals surface area contributed by atoms with Gasteiger partial charge in [-0.05, 0) is 46.9 Å². The Balaban J connectivity index is 2.41. The van der Waals surface area contributed by atoms with Gasteiger partial charge in [-0.2, -0.15) is 0 Å². The van der Waals surface area contributed by atoms with Crippen LogP contribution in [0, 0.1) is 3.77 Å². The molecule has 66 valence electrons. The van der Waals surface area contributed by atoms with Crippen LogP contribution >= 0.6 is 38.5 Å². The molecule has 0 unspecified atom stereocenters. The van der Waals surface area contributed by atoms with Gasteiger partial charge >= 0.3 is 0 Å². The molecule has 0 amide bonds. The van der Waals surface area contributed by atoms with E-state index in [2.05, 4.69) is 38.5 Å². The van der Waals surface area contributed by atoms with Crippen molar-refractivity contribution in [2.45, 2.75) is 0 Å². The SMILES string of the molecule is Brc1ccc(-c2ccc(I)o2)cc1. The number of hydrogen-bond acceptors (Lipinski definition) is 1. The van der Waals surface area contributed by atoms with Crippen molar-refractivity contribution in [2.24, 2.45) is 0 Å². The Morgan fingerprint density at radius 3 is 2.23 bits per heavy atom. The van der Waals surface area contributed by atoms with Crippen LogP contribution in [-0.4, -0.2) is 0 Å². The lowest BCUT2D eigenvalue weighted by atomic mass is 10.2. The highest BCUT2D eigenvalue weighted by Gasteiger charge is 2.01. The molecule has 2 aromatic rings. The Hall–Kier alpha value is -0.290. The van der Waals surface area contributed by atoms with Crippen LogP contribution in [0.25, 0.3) is 11.3 Å². The summed E-state index contributed by atoms with van der Waals surface area (Å²) in [6.45, 7) is 0. The van der Waals surface area contributed by atoms with Crippen molar-refractivity contribution in [1.82, 2.24) is 0 Å². The summed E-state index contributed by atoms with van der Waals surface area (Å²) < 4.78 is 7.47. The lowest BCUT2D eigenvalue weighted by Crippen LogP contribution is -1.71. The molecule has 0 aliphatic carbocycles. The average molecular weight is 349 g/mol. The third-order valence-electron chi connectivity index (χ3n) is 1.70. The fourth-order valence-corrected chi connectivity index (χ4v) is 1.76. The molecule has 0 spiro atoms. The van der Waals surface area contributed by atoms with Crippen molar-refractivity contribution in [3.05, 3.63) is 44.6 Å². The summed E-state index contributed by atoms with van der Waals surface area (Å²) in [6.07, 6.45) is 0. The highest BCUT2D eigenvalue weighted by Crippen LogP contribution is 2.24. The molecule has 0 fully saturated rings. The molecule has 3 heteroatoms. The first-order valence-corrected chi connectivity index (χ1v) is 5.64. The van der Waals surface area contributed by atoms with Gasteiger partial charge in [-0.15, -0.1) is 0 Å². The summed E-state index contributed by atoms with van der Waals surface area (Å²) in [5.41, 5.74) is 1.10. The van der Waals surface area contributed by atoms with Gasteiger partial charge in [-0.3, -0.25) is 0 Å². The minimum Gasteiger partial charge on any atom is -0.450 e. The molecule has 0 radical (unpaired) electrons. The van der Waals surface area contributed by atoms with Crippen LogP contribution in [-0.2, 0) is 0 Å². The van der Waals surface area contributed by atoms with Gasteiger partial charge < -0.3 is 4.42 Å². The second-order valence-electron chi connectivity index (χ2n) is 2.61. The van der Waals surface area contributed by atoms with Gasteiger partial charge in [0.25, 0.3) is 0 Å². The zero-order valence-electron chi connectivity index (χ0n) is 6.63. The molecule has 0 aliphatic heterocycles. The van der Waals surface area contributed by atoms with E-state index in [1.54, 1.807) is 0 Å². The molecule has 1 heterocycles. The number of rotatable bonds is 1. The molecule has 0 N–H and O–H groups in total. The van der Waals surface area contributed by atoms with Gasteiger partial charge in [-0.25, -0.2) is 0 Å². The molecule has 0 atom stereocenters. The topological polar surface area (TPSA) is 13.1 Å². The second-order valence-corrected chi connectivity index (χ2v) is 4.59. The lowest BCUT2D eigenvalue weighted by Gasteiger charge is -1.95. The van der Waals surface area contributed by atoms with Crippen LogP contribution in [0.2, 0.25) is 0 Å². The van der Waals surface area contributed by atoms with E-state index in [0.717, 1.165) is 19.6 Å². The fraction of sp³-hybridized carbons (Fsp3) is 0. The molecule has 1 aromatic heterocycles. The molecular weight excluding hydrogens is 343 g/mol. The normalized spacial score (nSPS) is 10.3. The zero-order valence-corrected chi connectivity index (χ0v) is 10.4. The predicted octanol–water partition coefficient (Wildman–Crippen LogP) is 4.31. The minimum absolute atomic E-state index is 0.913. The first-order chi connectivity index (χ1) is 6.25. The average Bonchev–Trinajstić information content (AvgIpc) is 2.53. The van der Waals surface area contributed by atoms with E-state index in [9.17, 15) is 0 Å².